The lowest BCUT2D eigenvalue weighted by Gasteiger charge is -2.39. The maximum Gasteiger partial charge on any atom is 0.260 e. The first kappa shape index (κ1) is 16.4. The van der Waals surface area contributed by atoms with Gasteiger partial charge in [0.25, 0.3) is 10.0 Å². The molecule has 120 valence electrons. The number of nitrogens with one attached hydrogen (secondary N) is 1. The largest absolute Gasteiger partial charge is 0.334 e. The first-order valence-electron chi connectivity index (χ1n) is 7.28. The fraction of sp³-hybridized carbons (Fsp3) is 0.769. The number of sulfonamides is 1. The third-order valence-electron chi connectivity index (χ3n) is 4.26. The molecule has 2 rings (SSSR count). The lowest BCUT2D eigenvalue weighted by Crippen LogP contribution is -2.58. The molecule has 3 N–H and O–H groups in total. The number of hydrogen-bond donors (Lipinski definition) is 2. The van der Waals surface area contributed by atoms with Crippen LogP contribution in [-0.2, 0) is 16.6 Å². The first-order chi connectivity index (χ1) is 9.82. The number of aromatic nitrogens is 2. The molecule has 0 amide bonds. The van der Waals surface area contributed by atoms with Crippen LogP contribution >= 0.6 is 0 Å². The van der Waals surface area contributed by atoms with E-state index in [-0.39, 0.29) is 5.03 Å². The SMILES string of the molecule is CCn1cc(S(=O)(=O)NC2(CN)CCN(C)CC2)nc1C. The minimum Gasteiger partial charge on any atom is -0.334 e. The summed E-state index contributed by atoms with van der Waals surface area (Å²) >= 11 is 0. The smallest absolute Gasteiger partial charge is 0.260 e. The summed E-state index contributed by atoms with van der Waals surface area (Å²) in [4.78, 5) is 6.34. The Morgan fingerprint density at radius 3 is 2.52 bits per heavy atom. The van der Waals surface area contributed by atoms with Crippen molar-refractivity contribution in [2.24, 2.45) is 5.73 Å². The maximum absolute atomic E-state index is 12.6. The van der Waals surface area contributed by atoms with Crippen LogP contribution in [0.2, 0.25) is 0 Å². The van der Waals surface area contributed by atoms with Gasteiger partial charge in [-0.2, -0.15) is 0 Å². The van der Waals surface area contributed by atoms with Crippen LogP contribution < -0.4 is 10.5 Å². The van der Waals surface area contributed by atoms with Crippen molar-refractivity contribution in [1.29, 1.82) is 0 Å². The van der Waals surface area contributed by atoms with Gasteiger partial charge < -0.3 is 15.2 Å². The second-order valence-electron chi connectivity index (χ2n) is 5.81. The molecular formula is C13H25N5O2S. The summed E-state index contributed by atoms with van der Waals surface area (Å²) in [5.41, 5.74) is 5.30. The van der Waals surface area contributed by atoms with Crippen molar-refractivity contribution < 1.29 is 8.42 Å². The monoisotopic (exact) mass is 315 g/mol. The molecule has 0 aliphatic carbocycles. The third kappa shape index (κ3) is 3.45. The van der Waals surface area contributed by atoms with Gasteiger partial charge in [-0.15, -0.1) is 0 Å². The van der Waals surface area contributed by atoms with E-state index in [1.54, 1.807) is 13.1 Å². The van der Waals surface area contributed by atoms with Crippen molar-refractivity contribution in [2.75, 3.05) is 26.7 Å². The van der Waals surface area contributed by atoms with E-state index in [0.29, 0.717) is 31.8 Å². The van der Waals surface area contributed by atoms with Crippen LogP contribution in [0.15, 0.2) is 11.2 Å². The molecule has 0 saturated carbocycles. The molecule has 1 aliphatic heterocycles. The standard InChI is InChI=1S/C13H25N5O2S/c1-4-18-9-12(15-11(18)2)21(19,20)16-13(10-14)5-7-17(3)8-6-13/h9,16H,4-8,10,14H2,1-3H3. The normalized spacial score (nSPS) is 19.8. The highest BCUT2D eigenvalue weighted by Gasteiger charge is 2.37. The van der Waals surface area contributed by atoms with Crippen LogP contribution in [0.3, 0.4) is 0 Å². The highest BCUT2D eigenvalue weighted by molar-refractivity contribution is 7.89. The Hall–Kier alpha value is -0.960. The fourth-order valence-electron chi connectivity index (χ4n) is 2.66. The molecular weight excluding hydrogens is 290 g/mol. The number of nitrogens with two attached hydrogens (primary N) is 1. The van der Waals surface area contributed by atoms with Gasteiger partial charge in [-0.3, -0.25) is 0 Å². The molecule has 7 nitrogen and oxygen atoms in total. The molecule has 0 bridgehead atoms. The predicted octanol–water partition coefficient (Wildman–Crippen LogP) is -0.0872. The Morgan fingerprint density at radius 2 is 2.05 bits per heavy atom. The first-order valence-corrected chi connectivity index (χ1v) is 8.76. The Kier molecular flexibility index (Phi) is 4.72. The summed E-state index contributed by atoms with van der Waals surface area (Å²) in [6.45, 7) is 6.42. The van der Waals surface area contributed by atoms with Crippen molar-refractivity contribution >= 4 is 10.0 Å². The molecule has 8 heteroatoms. The van der Waals surface area contributed by atoms with Crippen molar-refractivity contribution in [3.8, 4) is 0 Å². The predicted molar refractivity (Wildman–Crippen MR) is 81.5 cm³/mol. The van der Waals surface area contributed by atoms with Crippen LogP contribution in [0.1, 0.15) is 25.6 Å². The van der Waals surface area contributed by atoms with E-state index in [2.05, 4.69) is 14.6 Å². The fourth-order valence-corrected chi connectivity index (χ4v) is 4.14. The van der Waals surface area contributed by atoms with Crippen LogP contribution in [0.4, 0.5) is 0 Å². The summed E-state index contributed by atoms with van der Waals surface area (Å²) in [6, 6.07) is 0. The van der Waals surface area contributed by atoms with Gasteiger partial charge in [-0.1, -0.05) is 0 Å². The van der Waals surface area contributed by atoms with E-state index < -0.39 is 15.6 Å². The molecule has 0 radical (unpaired) electrons. The van der Waals surface area contributed by atoms with Crippen LogP contribution in [0, 0.1) is 6.92 Å². The van der Waals surface area contributed by atoms with Crippen molar-refractivity contribution in [1.82, 2.24) is 19.2 Å². The summed E-state index contributed by atoms with van der Waals surface area (Å²) in [7, 11) is -1.61. The molecule has 1 fully saturated rings. The zero-order valence-corrected chi connectivity index (χ0v) is 13.8. The number of aryl methyl sites for hydroxylation is 2. The lowest BCUT2D eigenvalue weighted by atomic mass is 9.89. The topological polar surface area (TPSA) is 93.2 Å². The van der Waals surface area contributed by atoms with Crippen LogP contribution in [0.5, 0.6) is 0 Å². The Balaban J connectivity index is 2.22. The van der Waals surface area contributed by atoms with Gasteiger partial charge in [0.1, 0.15) is 5.82 Å². The zero-order chi connectivity index (χ0) is 15.7. The lowest BCUT2D eigenvalue weighted by molar-refractivity contribution is 0.182. The van der Waals surface area contributed by atoms with E-state index in [4.69, 9.17) is 5.73 Å². The molecule has 1 aliphatic rings. The average Bonchev–Trinajstić information content (AvgIpc) is 2.83. The van der Waals surface area contributed by atoms with Gasteiger partial charge in [0.15, 0.2) is 5.03 Å². The number of imidazole rings is 1. The summed E-state index contributed by atoms with van der Waals surface area (Å²) in [5, 5.41) is 0.0774. The number of likely N-dealkylation sites (tertiary alicyclic amines) is 1. The number of piperidine rings is 1. The van der Waals surface area contributed by atoms with Gasteiger partial charge in [0, 0.05) is 24.8 Å². The van der Waals surface area contributed by atoms with Gasteiger partial charge >= 0.3 is 0 Å². The summed E-state index contributed by atoms with van der Waals surface area (Å²) in [5.74, 6) is 0.697. The van der Waals surface area contributed by atoms with E-state index in [1.807, 2.05) is 18.5 Å². The van der Waals surface area contributed by atoms with Gasteiger partial charge in [0.05, 0.1) is 0 Å². The highest BCUT2D eigenvalue weighted by Crippen LogP contribution is 2.23. The number of rotatable bonds is 5. The molecule has 0 atom stereocenters. The van der Waals surface area contributed by atoms with E-state index in [0.717, 1.165) is 13.1 Å². The maximum atomic E-state index is 12.6. The second kappa shape index (κ2) is 6.04. The van der Waals surface area contributed by atoms with E-state index in [1.165, 1.54) is 0 Å². The second-order valence-corrected chi connectivity index (χ2v) is 7.43. The van der Waals surface area contributed by atoms with Crippen LogP contribution in [-0.4, -0.2) is 55.1 Å². The van der Waals surface area contributed by atoms with E-state index in [9.17, 15) is 8.42 Å². The average molecular weight is 315 g/mol. The number of hydrogen-bond acceptors (Lipinski definition) is 5. The quantitative estimate of drug-likeness (QED) is 0.792. The molecule has 1 aromatic heterocycles. The molecule has 0 aromatic carbocycles. The Bertz CT molecular complexity index is 588. The van der Waals surface area contributed by atoms with Crippen LogP contribution in [0.25, 0.3) is 0 Å². The minimum atomic E-state index is -3.64. The van der Waals surface area contributed by atoms with E-state index >= 15 is 0 Å². The van der Waals surface area contributed by atoms with Gasteiger partial charge in [-0.25, -0.2) is 18.1 Å². The van der Waals surface area contributed by atoms with Gasteiger partial charge in [0.2, 0.25) is 0 Å². The molecule has 21 heavy (non-hydrogen) atoms. The summed E-state index contributed by atoms with van der Waals surface area (Å²) < 4.78 is 29.8. The Labute approximate surface area is 126 Å². The van der Waals surface area contributed by atoms with Crippen molar-refractivity contribution in [3.63, 3.8) is 0 Å². The molecule has 0 unspecified atom stereocenters. The summed E-state index contributed by atoms with van der Waals surface area (Å²) in [6.07, 6.45) is 3.01. The minimum absolute atomic E-state index is 0.0774. The zero-order valence-electron chi connectivity index (χ0n) is 13.0. The molecule has 2 heterocycles. The Morgan fingerprint density at radius 1 is 1.43 bits per heavy atom. The molecule has 1 saturated heterocycles. The molecule has 0 spiro atoms. The third-order valence-corrected chi connectivity index (χ3v) is 5.70. The molecule has 1 aromatic rings. The van der Waals surface area contributed by atoms with Crippen molar-refractivity contribution in [2.45, 2.75) is 43.8 Å². The highest BCUT2D eigenvalue weighted by atomic mass is 32.2. The van der Waals surface area contributed by atoms with Gasteiger partial charge in [-0.05, 0) is 46.8 Å². The number of nitrogens with zero attached hydrogens (tertiary/aromatic N) is 3. The van der Waals surface area contributed by atoms with Crippen molar-refractivity contribution in [3.05, 3.63) is 12.0 Å².